The van der Waals surface area contributed by atoms with E-state index in [0.29, 0.717) is 5.02 Å². The summed E-state index contributed by atoms with van der Waals surface area (Å²) in [6.07, 6.45) is 0. The highest BCUT2D eigenvalue weighted by Crippen LogP contribution is 2.61. The van der Waals surface area contributed by atoms with Gasteiger partial charge in [-0.3, -0.25) is 9.36 Å². The normalized spacial score (nSPS) is 12.2. The van der Waals surface area contributed by atoms with Gasteiger partial charge in [-0.05, 0) is 43.7 Å². The highest BCUT2D eigenvalue weighted by atomic mass is 35.5. The molecule has 154 valence electrons. The molecule has 0 spiro atoms. The molecule has 2 N–H and O–H groups in total. The van der Waals surface area contributed by atoms with Crippen LogP contribution in [0, 0.1) is 0 Å². The topological polar surface area (TPSA) is 102 Å². The molecule has 1 amide bonds. The molecular formula is C20H21ClNO6P. The first-order chi connectivity index (χ1) is 13.8. The minimum atomic E-state index is -4.08. The molecule has 0 saturated heterocycles. The molecule has 0 radical (unpaired) electrons. The van der Waals surface area contributed by atoms with Gasteiger partial charge in [0.25, 0.3) is 5.91 Å². The van der Waals surface area contributed by atoms with Crippen LogP contribution in [0.3, 0.4) is 0 Å². The molecule has 0 heterocycles. The Hall–Kier alpha value is -2.44. The van der Waals surface area contributed by atoms with E-state index in [0.717, 1.165) is 0 Å². The van der Waals surface area contributed by atoms with Gasteiger partial charge in [-0.25, -0.2) is 4.79 Å². The predicted molar refractivity (Wildman–Crippen MR) is 111 cm³/mol. The molecule has 7 nitrogen and oxygen atoms in total. The molecule has 0 fully saturated rings. The molecule has 2 aromatic rings. The van der Waals surface area contributed by atoms with E-state index in [2.05, 4.69) is 5.32 Å². The van der Waals surface area contributed by atoms with Gasteiger partial charge < -0.3 is 19.5 Å². The zero-order valence-electron chi connectivity index (χ0n) is 15.9. The maximum absolute atomic E-state index is 13.5. The SMILES string of the molecule is CCOP(=O)(OCC)/C(=C(\NC(=O)c1ccccc1)C(=O)O)c1ccc(Cl)cc1. The summed E-state index contributed by atoms with van der Waals surface area (Å²) in [6.45, 7) is 3.23. The highest BCUT2D eigenvalue weighted by molar-refractivity contribution is 7.65. The summed E-state index contributed by atoms with van der Waals surface area (Å²) in [6, 6.07) is 14.1. The second-order valence-corrected chi connectivity index (χ2v) is 8.08. The predicted octanol–water partition coefficient (Wildman–Crippen LogP) is 4.79. The highest BCUT2D eigenvalue weighted by Gasteiger charge is 2.37. The Kier molecular flexibility index (Phi) is 8.17. The fraction of sp³-hybridized carbons (Fsp3) is 0.200. The average Bonchev–Trinajstić information content (AvgIpc) is 2.69. The van der Waals surface area contributed by atoms with Gasteiger partial charge in [0.1, 0.15) is 11.0 Å². The zero-order valence-corrected chi connectivity index (χ0v) is 17.6. The number of carboxylic acid groups (broad SMARTS) is 1. The first kappa shape index (κ1) is 22.8. The minimum absolute atomic E-state index is 0.00784. The Morgan fingerprint density at radius 3 is 2.00 bits per heavy atom. The third kappa shape index (κ3) is 5.78. The Labute approximate surface area is 173 Å². The van der Waals surface area contributed by atoms with Crippen molar-refractivity contribution in [1.82, 2.24) is 5.32 Å². The van der Waals surface area contributed by atoms with E-state index in [9.17, 15) is 19.3 Å². The smallest absolute Gasteiger partial charge is 0.364 e. The van der Waals surface area contributed by atoms with Crippen molar-refractivity contribution >= 4 is 36.4 Å². The van der Waals surface area contributed by atoms with Gasteiger partial charge in [-0.15, -0.1) is 0 Å². The Morgan fingerprint density at radius 2 is 1.52 bits per heavy atom. The van der Waals surface area contributed by atoms with Crippen LogP contribution in [-0.4, -0.2) is 30.2 Å². The second kappa shape index (κ2) is 10.4. The standard InChI is InChI=1S/C20H21ClNO6P/c1-3-27-29(26,28-4-2)18(14-10-12-16(21)13-11-14)17(20(24)25)22-19(23)15-8-6-5-7-9-15/h5-13H,3-4H2,1-2H3,(H,22,23)(H,24,25)/b18-17-. The van der Waals surface area contributed by atoms with E-state index in [1.165, 1.54) is 36.4 Å². The lowest BCUT2D eigenvalue weighted by Gasteiger charge is -2.22. The van der Waals surface area contributed by atoms with Gasteiger partial charge in [0.2, 0.25) is 0 Å². The van der Waals surface area contributed by atoms with E-state index in [1.54, 1.807) is 32.0 Å². The first-order valence-corrected chi connectivity index (χ1v) is 10.7. The number of rotatable bonds is 9. The van der Waals surface area contributed by atoms with Gasteiger partial charge >= 0.3 is 13.6 Å². The summed E-state index contributed by atoms with van der Waals surface area (Å²) >= 11 is 5.93. The molecule has 0 aromatic heterocycles. The Morgan fingerprint density at radius 1 is 0.966 bits per heavy atom. The van der Waals surface area contributed by atoms with Crippen LogP contribution >= 0.6 is 19.2 Å². The monoisotopic (exact) mass is 437 g/mol. The van der Waals surface area contributed by atoms with Crippen LogP contribution in [0.5, 0.6) is 0 Å². The molecule has 2 aromatic carbocycles. The van der Waals surface area contributed by atoms with Crippen molar-refractivity contribution in [3.8, 4) is 0 Å². The third-order valence-corrected chi connectivity index (χ3v) is 6.19. The maximum atomic E-state index is 13.5. The lowest BCUT2D eigenvalue weighted by Crippen LogP contribution is -2.29. The third-order valence-electron chi connectivity index (χ3n) is 3.71. The van der Waals surface area contributed by atoms with Crippen molar-refractivity contribution in [3.05, 3.63) is 76.4 Å². The van der Waals surface area contributed by atoms with Crippen LogP contribution < -0.4 is 5.32 Å². The molecule has 0 aliphatic heterocycles. The molecule has 9 heteroatoms. The fourth-order valence-corrected chi connectivity index (χ4v) is 4.57. The minimum Gasteiger partial charge on any atom is -0.477 e. The molecule has 0 aliphatic rings. The molecule has 0 bridgehead atoms. The summed E-state index contributed by atoms with van der Waals surface area (Å²) in [4.78, 5) is 24.7. The van der Waals surface area contributed by atoms with E-state index in [4.69, 9.17) is 20.6 Å². The van der Waals surface area contributed by atoms with Crippen molar-refractivity contribution in [1.29, 1.82) is 0 Å². The lowest BCUT2D eigenvalue weighted by molar-refractivity contribution is -0.132. The number of nitrogens with one attached hydrogen (secondary N) is 1. The van der Waals surface area contributed by atoms with Gasteiger partial charge in [0.15, 0.2) is 0 Å². The number of amides is 1. The van der Waals surface area contributed by atoms with Crippen LogP contribution in [0.1, 0.15) is 29.8 Å². The molecular weight excluding hydrogens is 417 g/mol. The van der Waals surface area contributed by atoms with Crippen LogP contribution in [0.4, 0.5) is 0 Å². The number of carbonyl (C=O) groups is 2. The van der Waals surface area contributed by atoms with Gasteiger partial charge in [0, 0.05) is 10.6 Å². The van der Waals surface area contributed by atoms with Crippen molar-refractivity contribution < 1.29 is 28.3 Å². The number of benzene rings is 2. The Balaban J connectivity index is 2.69. The number of hydrogen-bond donors (Lipinski definition) is 2. The summed E-state index contributed by atoms with van der Waals surface area (Å²) in [5, 5.41) is 12.3. The molecule has 29 heavy (non-hydrogen) atoms. The maximum Gasteiger partial charge on any atom is 0.364 e. The quantitative estimate of drug-likeness (QED) is 0.432. The van der Waals surface area contributed by atoms with Crippen LogP contribution in [0.2, 0.25) is 5.02 Å². The van der Waals surface area contributed by atoms with E-state index in [-0.39, 0.29) is 29.7 Å². The Bertz CT molecular complexity index is 933. The number of halogens is 1. The van der Waals surface area contributed by atoms with Crippen molar-refractivity contribution in [2.24, 2.45) is 0 Å². The first-order valence-electron chi connectivity index (χ1n) is 8.82. The van der Waals surface area contributed by atoms with Crippen molar-refractivity contribution in [2.75, 3.05) is 13.2 Å². The number of carbonyl (C=O) groups excluding carboxylic acids is 1. The van der Waals surface area contributed by atoms with Crippen LogP contribution in [-0.2, 0) is 18.4 Å². The van der Waals surface area contributed by atoms with Crippen LogP contribution in [0.25, 0.3) is 5.31 Å². The summed E-state index contributed by atoms with van der Waals surface area (Å²) in [5.41, 5.74) is -0.110. The second-order valence-electron chi connectivity index (χ2n) is 5.69. The van der Waals surface area contributed by atoms with Crippen molar-refractivity contribution in [3.63, 3.8) is 0 Å². The largest absolute Gasteiger partial charge is 0.477 e. The number of carboxylic acids is 1. The molecule has 0 saturated carbocycles. The summed E-state index contributed by atoms with van der Waals surface area (Å²) < 4.78 is 24.2. The molecule has 0 aliphatic carbocycles. The summed E-state index contributed by atoms with van der Waals surface area (Å²) in [7, 11) is -4.08. The molecule has 0 unspecified atom stereocenters. The summed E-state index contributed by atoms with van der Waals surface area (Å²) in [5.74, 6) is -2.16. The van der Waals surface area contributed by atoms with E-state index >= 15 is 0 Å². The number of hydrogen-bond acceptors (Lipinski definition) is 5. The zero-order chi connectivity index (χ0) is 21.4. The van der Waals surface area contributed by atoms with Gasteiger partial charge in [-0.1, -0.05) is 41.9 Å². The van der Waals surface area contributed by atoms with E-state index < -0.39 is 25.2 Å². The fourth-order valence-electron chi connectivity index (χ4n) is 2.54. The molecule has 0 atom stereocenters. The van der Waals surface area contributed by atoms with Gasteiger partial charge in [-0.2, -0.15) is 0 Å². The number of aliphatic carboxylic acids is 1. The van der Waals surface area contributed by atoms with Crippen LogP contribution in [0.15, 0.2) is 60.3 Å². The lowest BCUT2D eigenvalue weighted by atomic mass is 10.1. The van der Waals surface area contributed by atoms with E-state index in [1.807, 2.05) is 0 Å². The molecule has 2 rings (SSSR count). The van der Waals surface area contributed by atoms with Crippen molar-refractivity contribution in [2.45, 2.75) is 13.8 Å². The average molecular weight is 438 g/mol. The van der Waals surface area contributed by atoms with Gasteiger partial charge in [0.05, 0.1) is 13.2 Å².